The van der Waals surface area contributed by atoms with Crippen LogP contribution in [0.2, 0.25) is 0 Å². The lowest BCUT2D eigenvalue weighted by Gasteiger charge is -2.36. The van der Waals surface area contributed by atoms with Gasteiger partial charge in [0.15, 0.2) is 0 Å². The van der Waals surface area contributed by atoms with E-state index in [1.807, 2.05) is 35.2 Å². The summed E-state index contributed by atoms with van der Waals surface area (Å²) in [5.41, 5.74) is 0.929. The molecule has 4 rings (SSSR count). The fourth-order valence-corrected chi connectivity index (χ4v) is 3.76. The van der Waals surface area contributed by atoms with E-state index in [4.69, 9.17) is 4.52 Å². The van der Waals surface area contributed by atoms with Crippen LogP contribution < -0.4 is 10.2 Å². The molecule has 2 heterocycles. The summed E-state index contributed by atoms with van der Waals surface area (Å²) in [7, 11) is 0. The van der Waals surface area contributed by atoms with Crippen molar-refractivity contribution in [2.75, 3.05) is 49.5 Å². The summed E-state index contributed by atoms with van der Waals surface area (Å²) in [6.45, 7) is 4.84. The lowest BCUT2D eigenvalue weighted by Crippen LogP contribution is -2.46. The van der Waals surface area contributed by atoms with E-state index in [-0.39, 0.29) is 0 Å². The first-order valence-corrected chi connectivity index (χ1v) is 10.8. The van der Waals surface area contributed by atoms with Crippen molar-refractivity contribution in [1.82, 2.24) is 15.0 Å². The smallest absolute Gasteiger partial charge is 0.369 e. The second-order valence-electron chi connectivity index (χ2n) is 7.80. The molecule has 1 N–H and O–H groups in total. The van der Waals surface area contributed by atoms with E-state index in [0.717, 1.165) is 63.7 Å². The number of benzene rings is 2. The van der Waals surface area contributed by atoms with E-state index in [1.54, 1.807) is 6.07 Å². The molecular weight excluding hydrogens is 419 g/mol. The van der Waals surface area contributed by atoms with Gasteiger partial charge < -0.3 is 14.7 Å². The number of hydrogen-bond donors (Lipinski definition) is 1. The quantitative estimate of drug-likeness (QED) is 0.504. The Hall–Kier alpha value is -3.07. The molecule has 170 valence electrons. The van der Waals surface area contributed by atoms with E-state index in [0.29, 0.717) is 17.5 Å². The van der Waals surface area contributed by atoms with Crippen molar-refractivity contribution < 1.29 is 17.7 Å². The van der Waals surface area contributed by atoms with Crippen LogP contribution in [0.3, 0.4) is 0 Å². The van der Waals surface area contributed by atoms with Gasteiger partial charge in [0.05, 0.1) is 5.56 Å². The molecule has 0 aliphatic carbocycles. The molecule has 3 aromatic rings. The van der Waals surface area contributed by atoms with Gasteiger partial charge in [0.2, 0.25) is 0 Å². The Balaban J connectivity index is 1.15. The number of rotatable bonds is 8. The number of nitrogens with zero attached hydrogens (tertiary/aromatic N) is 4. The summed E-state index contributed by atoms with van der Waals surface area (Å²) < 4.78 is 44.1. The lowest BCUT2D eigenvalue weighted by atomic mass is 10.1. The molecule has 1 aromatic heterocycles. The zero-order chi connectivity index (χ0) is 22.4. The van der Waals surface area contributed by atoms with Crippen LogP contribution in [0.1, 0.15) is 18.4 Å². The minimum absolute atomic E-state index is 0.485. The molecule has 1 aliphatic rings. The highest BCUT2D eigenvalue weighted by Crippen LogP contribution is 2.31. The molecule has 2 aromatic carbocycles. The van der Waals surface area contributed by atoms with E-state index in [9.17, 15) is 13.2 Å². The zero-order valence-electron chi connectivity index (χ0n) is 17.7. The predicted octanol–water partition coefficient (Wildman–Crippen LogP) is 4.77. The van der Waals surface area contributed by atoms with Crippen molar-refractivity contribution in [3.63, 3.8) is 0 Å². The topological polar surface area (TPSA) is 57.4 Å². The number of nitrogens with one attached hydrogen (secondary N) is 1. The number of unbranched alkanes of at least 4 members (excludes halogenated alkanes) is 1. The Morgan fingerprint density at radius 3 is 2.47 bits per heavy atom. The van der Waals surface area contributed by atoms with Gasteiger partial charge in [-0.3, -0.25) is 4.90 Å². The van der Waals surface area contributed by atoms with Crippen LogP contribution in [0.5, 0.6) is 0 Å². The molecule has 9 heteroatoms. The first-order valence-electron chi connectivity index (χ1n) is 10.8. The molecule has 1 saturated heterocycles. The van der Waals surface area contributed by atoms with Crippen molar-refractivity contribution in [1.29, 1.82) is 0 Å². The maximum Gasteiger partial charge on any atom is 0.416 e. The average Bonchev–Trinajstić information content (AvgIpc) is 3.28. The van der Waals surface area contributed by atoms with Gasteiger partial charge in [0.25, 0.3) is 11.8 Å². The van der Waals surface area contributed by atoms with E-state index >= 15 is 0 Å². The maximum absolute atomic E-state index is 12.9. The van der Waals surface area contributed by atoms with Gasteiger partial charge in [0, 0.05) is 44.0 Å². The Morgan fingerprint density at radius 1 is 0.938 bits per heavy atom. The van der Waals surface area contributed by atoms with Crippen LogP contribution >= 0.6 is 0 Å². The van der Waals surface area contributed by atoms with Gasteiger partial charge in [-0.25, -0.2) is 0 Å². The average molecular weight is 445 g/mol. The molecule has 0 radical (unpaired) electrons. The Kier molecular flexibility index (Phi) is 6.94. The van der Waals surface area contributed by atoms with Gasteiger partial charge in [-0.15, -0.1) is 0 Å². The number of piperazine rings is 1. The summed E-state index contributed by atoms with van der Waals surface area (Å²) in [5.74, 6) is 0.977. The molecular formula is C23H26F3N5O. The Morgan fingerprint density at radius 2 is 1.72 bits per heavy atom. The van der Waals surface area contributed by atoms with Gasteiger partial charge in [0.1, 0.15) is 0 Å². The first-order chi connectivity index (χ1) is 15.5. The summed E-state index contributed by atoms with van der Waals surface area (Å²) in [6.07, 6.45) is -2.33. The second kappa shape index (κ2) is 10.0. The highest BCUT2D eigenvalue weighted by Gasteiger charge is 2.31. The molecule has 0 atom stereocenters. The molecule has 1 aliphatic heterocycles. The Labute approximate surface area is 185 Å². The number of halogens is 3. The zero-order valence-corrected chi connectivity index (χ0v) is 17.7. The minimum atomic E-state index is -4.31. The Bertz CT molecular complexity index is 985. The maximum atomic E-state index is 12.9. The van der Waals surface area contributed by atoms with Crippen molar-refractivity contribution in [2.24, 2.45) is 0 Å². The molecule has 0 bridgehead atoms. The molecule has 0 spiro atoms. The summed E-state index contributed by atoms with van der Waals surface area (Å²) in [4.78, 5) is 8.73. The van der Waals surface area contributed by atoms with Crippen LogP contribution in [-0.4, -0.2) is 54.3 Å². The number of anilines is 2. The van der Waals surface area contributed by atoms with Crippen LogP contribution in [0.4, 0.5) is 24.8 Å². The normalized spacial score (nSPS) is 15.2. The molecule has 6 nitrogen and oxygen atoms in total. The standard InChI is InChI=1S/C23H26F3N5O/c24-23(25,26)19-9-6-10-20(17-19)31-15-13-30(14-16-31)12-5-4-11-27-22-28-21(32-29-22)18-7-2-1-3-8-18/h1-3,6-10,17H,4-5,11-16H2,(H,27,29). The van der Waals surface area contributed by atoms with Crippen LogP contribution in [0.25, 0.3) is 11.5 Å². The second-order valence-corrected chi connectivity index (χ2v) is 7.80. The van der Waals surface area contributed by atoms with Crippen molar-refractivity contribution in [3.8, 4) is 11.5 Å². The van der Waals surface area contributed by atoms with Crippen molar-refractivity contribution in [2.45, 2.75) is 19.0 Å². The largest absolute Gasteiger partial charge is 0.416 e. The van der Waals surface area contributed by atoms with E-state index < -0.39 is 11.7 Å². The predicted molar refractivity (Wildman–Crippen MR) is 118 cm³/mol. The molecule has 0 unspecified atom stereocenters. The summed E-state index contributed by atoms with van der Waals surface area (Å²) in [5, 5.41) is 7.14. The number of hydrogen-bond acceptors (Lipinski definition) is 6. The summed E-state index contributed by atoms with van der Waals surface area (Å²) in [6, 6.07) is 15.2. The molecule has 0 amide bonds. The third-order valence-corrected chi connectivity index (χ3v) is 5.54. The third-order valence-electron chi connectivity index (χ3n) is 5.54. The SMILES string of the molecule is FC(F)(F)c1cccc(N2CCN(CCCCNc3noc(-c4ccccc4)n3)CC2)c1. The fraction of sp³-hybridized carbons (Fsp3) is 0.391. The van der Waals surface area contributed by atoms with Gasteiger partial charge in [-0.1, -0.05) is 24.3 Å². The van der Waals surface area contributed by atoms with Gasteiger partial charge in [-0.2, -0.15) is 18.2 Å². The molecule has 32 heavy (non-hydrogen) atoms. The van der Waals surface area contributed by atoms with Crippen LogP contribution in [0, 0.1) is 0 Å². The fourth-order valence-electron chi connectivity index (χ4n) is 3.76. The number of aromatic nitrogens is 2. The van der Waals surface area contributed by atoms with Crippen molar-refractivity contribution in [3.05, 3.63) is 60.2 Å². The highest BCUT2D eigenvalue weighted by molar-refractivity contribution is 5.53. The monoisotopic (exact) mass is 445 g/mol. The van der Waals surface area contributed by atoms with E-state index in [2.05, 4.69) is 20.4 Å². The summed E-state index contributed by atoms with van der Waals surface area (Å²) >= 11 is 0. The van der Waals surface area contributed by atoms with E-state index in [1.165, 1.54) is 12.1 Å². The van der Waals surface area contributed by atoms with Gasteiger partial charge in [-0.05, 0) is 54.9 Å². The number of alkyl halides is 3. The molecule has 0 saturated carbocycles. The van der Waals surface area contributed by atoms with Crippen LogP contribution in [0.15, 0.2) is 59.1 Å². The van der Waals surface area contributed by atoms with Crippen LogP contribution in [-0.2, 0) is 6.18 Å². The minimum Gasteiger partial charge on any atom is -0.369 e. The first kappa shape index (κ1) is 22.1. The third kappa shape index (κ3) is 5.79. The van der Waals surface area contributed by atoms with Crippen molar-refractivity contribution >= 4 is 11.6 Å². The van der Waals surface area contributed by atoms with Gasteiger partial charge >= 0.3 is 6.18 Å². The highest BCUT2D eigenvalue weighted by atomic mass is 19.4. The molecule has 1 fully saturated rings. The lowest BCUT2D eigenvalue weighted by molar-refractivity contribution is -0.137.